The van der Waals surface area contributed by atoms with Crippen LogP contribution in [0.4, 0.5) is 10.1 Å². The lowest BCUT2D eigenvalue weighted by molar-refractivity contribution is 0.0148. The Hall–Kier alpha value is -1.67. The van der Waals surface area contributed by atoms with Gasteiger partial charge in [0.2, 0.25) is 0 Å². The molecular weight excluding hydrogens is 297 g/mol. The summed E-state index contributed by atoms with van der Waals surface area (Å²) in [6.07, 6.45) is 0. The molecule has 21 heavy (non-hydrogen) atoms. The van der Waals surface area contributed by atoms with E-state index in [1.807, 2.05) is 0 Å². The Morgan fingerprint density at radius 2 is 2.00 bits per heavy atom. The van der Waals surface area contributed by atoms with E-state index in [-0.39, 0.29) is 30.4 Å². The third-order valence-corrected chi connectivity index (χ3v) is 6.72. The molecular formula is C13H16FN3O3S. The van der Waals surface area contributed by atoms with Crippen LogP contribution in [-0.2, 0) is 20.1 Å². The standard InChI is InChI=1S/C13H16FN3O3S/c1-12(9-4-8(15)2-3-10(9)14)7-21(18,19)13(5-20-6-13)11(16)17-12/h2-4H,5-7,15H2,1H3,(H2,16,17)/t12-/m0/s1. The molecule has 2 aliphatic heterocycles. The molecule has 1 aromatic rings. The summed E-state index contributed by atoms with van der Waals surface area (Å²) in [7, 11) is -3.61. The van der Waals surface area contributed by atoms with E-state index in [1.54, 1.807) is 6.92 Å². The van der Waals surface area contributed by atoms with Crippen molar-refractivity contribution >= 4 is 21.4 Å². The van der Waals surface area contributed by atoms with Gasteiger partial charge in [-0.05, 0) is 25.1 Å². The van der Waals surface area contributed by atoms with E-state index in [0.29, 0.717) is 5.69 Å². The average molecular weight is 313 g/mol. The summed E-state index contributed by atoms with van der Waals surface area (Å²) < 4.78 is 43.0. The Morgan fingerprint density at radius 1 is 1.33 bits per heavy atom. The van der Waals surface area contributed by atoms with Gasteiger partial charge in [0.15, 0.2) is 14.6 Å². The molecule has 0 aliphatic carbocycles. The van der Waals surface area contributed by atoms with Crippen LogP contribution < -0.4 is 11.5 Å². The lowest BCUT2D eigenvalue weighted by Gasteiger charge is -2.46. The lowest BCUT2D eigenvalue weighted by atomic mass is 9.92. The number of hydrogen-bond donors (Lipinski definition) is 2. The van der Waals surface area contributed by atoms with Crippen LogP contribution in [0, 0.1) is 5.82 Å². The maximum Gasteiger partial charge on any atom is 0.175 e. The second kappa shape index (κ2) is 4.17. The minimum Gasteiger partial charge on any atom is -0.399 e. The summed E-state index contributed by atoms with van der Waals surface area (Å²) in [5, 5.41) is 0. The molecule has 0 radical (unpaired) electrons. The Morgan fingerprint density at radius 3 is 2.52 bits per heavy atom. The van der Waals surface area contributed by atoms with Crippen molar-refractivity contribution in [2.75, 3.05) is 24.7 Å². The molecule has 0 saturated carbocycles. The highest BCUT2D eigenvalue weighted by Gasteiger charge is 2.59. The van der Waals surface area contributed by atoms with Gasteiger partial charge in [-0.15, -0.1) is 0 Å². The third kappa shape index (κ3) is 1.86. The number of rotatable bonds is 1. The van der Waals surface area contributed by atoms with Crippen molar-refractivity contribution in [1.82, 2.24) is 0 Å². The minimum atomic E-state index is -3.61. The molecule has 4 N–H and O–H groups in total. The van der Waals surface area contributed by atoms with Gasteiger partial charge in [-0.3, -0.25) is 4.99 Å². The quantitative estimate of drug-likeness (QED) is 0.719. The van der Waals surface area contributed by atoms with Gasteiger partial charge in [-0.25, -0.2) is 12.8 Å². The number of nitrogen functional groups attached to an aromatic ring is 1. The normalized spacial score (nSPS) is 29.7. The fourth-order valence-electron chi connectivity index (χ4n) is 2.78. The van der Waals surface area contributed by atoms with Gasteiger partial charge in [-0.1, -0.05) is 0 Å². The summed E-state index contributed by atoms with van der Waals surface area (Å²) in [4.78, 5) is 4.30. The molecule has 8 heteroatoms. The second-order valence-corrected chi connectivity index (χ2v) is 8.06. The highest BCUT2D eigenvalue weighted by molar-refractivity contribution is 7.93. The first-order valence-corrected chi connectivity index (χ1v) is 8.07. The Labute approximate surface area is 121 Å². The van der Waals surface area contributed by atoms with Gasteiger partial charge in [0, 0.05) is 11.3 Å². The molecule has 1 fully saturated rings. The van der Waals surface area contributed by atoms with Crippen LogP contribution in [0.5, 0.6) is 0 Å². The van der Waals surface area contributed by atoms with Crippen molar-refractivity contribution in [3.05, 3.63) is 29.6 Å². The van der Waals surface area contributed by atoms with Crippen molar-refractivity contribution in [2.45, 2.75) is 17.2 Å². The van der Waals surface area contributed by atoms with Crippen LogP contribution in [0.1, 0.15) is 12.5 Å². The fourth-order valence-corrected chi connectivity index (χ4v) is 4.90. The summed E-state index contributed by atoms with van der Waals surface area (Å²) >= 11 is 0. The van der Waals surface area contributed by atoms with Gasteiger partial charge < -0.3 is 16.2 Å². The SMILES string of the molecule is C[C@@]1(c2cc(N)ccc2F)CS(=O)(=O)C2(COC2)C(N)=N1. The first-order valence-electron chi connectivity index (χ1n) is 6.42. The van der Waals surface area contributed by atoms with E-state index in [1.165, 1.54) is 18.2 Å². The van der Waals surface area contributed by atoms with Crippen molar-refractivity contribution in [3.63, 3.8) is 0 Å². The van der Waals surface area contributed by atoms with Gasteiger partial charge in [0.05, 0.1) is 19.0 Å². The molecule has 1 aromatic carbocycles. The lowest BCUT2D eigenvalue weighted by Crippen LogP contribution is -2.68. The van der Waals surface area contributed by atoms with E-state index >= 15 is 0 Å². The molecule has 2 heterocycles. The van der Waals surface area contributed by atoms with E-state index < -0.39 is 25.9 Å². The summed E-state index contributed by atoms with van der Waals surface area (Å²) in [6.45, 7) is 1.54. The maximum absolute atomic E-state index is 14.1. The van der Waals surface area contributed by atoms with Crippen molar-refractivity contribution in [1.29, 1.82) is 0 Å². The van der Waals surface area contributed by atoms with Crippen LogP contribution in [0.15, 0.2) is 23.2 Å². The van der Waals surface area contributed by atoms with Gasteiger partial charge in [0.1, 0.15) is 17.2 Å². The number of ether oxygens (including phenoxy) is 1. The number of nitrogens with zero attached hydrogens (tertiary/aromatic N) is 1. The molecule has 0 bridgehead atoms. The van der Waals surface area contributed by atoms with E-state index in [2.05, 4.69) is 4.99 Å². The Kier molecular flexibility index (Phi) is 2.84. The smallest absolute Gasteiger partial charge is 0.175 e. The fraction of sp³-hybridized carbons (Fsp3) is 0.462. The maximum atomic E-state index is 14.1. The zero-order valence-electron chi connectivity index (χ0n) is 11.5. The largest absolute Gasteiger partial charge is 0.399 e. The number of anilines is 1. The number of halogens is 1. The molecule has 1 spiro atoms. The van der Waals surface area contributed by atoms with E-state index in [4.69, 9.17) is 16.2 Å². The van der Waals surface area contributed by atoms with Crippen LogP contribution in [0.2, 0.25) is 0 Å². The van der Waals surface area contributed by atoms with Crippen molar-refractivity contribution in [2.24, 2.45) is 10.7 Å². The molecule has 1 atom stereocenters. The Balaban J connectivity index is 2.17. The summed E-state index contributed by atoms with van der Waals surface area (Å²) in [5.41, 5.74) is 10.7. The van der Waals surface area contributed by atoms with Crippen molar-refractivity contribution in [3.8, 4) is 0 Å². The number of aliphatic imine (C=N–C) groups is 1. The number of hydrogen-bond acceptors (Lipinski definition) is 6. The first-order chi connectivity index (χ1) is 9.70. The van der Waals surface area contributed by atoms with Gasteiger partial charge in [-0.2, -0.15) is 0 Å². The minimum absolute atomic E-state index is 0.000156. The Bertz CT molecular complexity index is 743. The highest BCUT2D eigenvalue weighted by Crippen LogP contribution is 2.41. The second-order valence-electron chi connectivity index (χ2n) is 5.76. The molecule has 6 nitrogen and oxygen atoms in total. The highest BCUT2D eigenvalue weighted by atomic mass is 32.2. The predicted molar refractivity (Wildman–Crippen MR) is 77.1 cm³/mol. The first kappa shape index (κ1) is 14.3. The summed E-state index contributed by atoms with van der Waals surface area (Å²) in [5.74, 6) is -0.909. The van der Waals surface area contributed by atoms with Crippen LogP contribution in [-0.4, -0.2) is 38.0 Å². The van der Waals surface area contributed by atoms with Gasteiger partial charge in [0.25, 0.3) is 0 Å². The zero-order chi connectivity index (χ0) is 15.5. The molecule has 2 aliphatic rings. The molecule has 0 aromatic heterocycles. The van der Waals surface area contributed by atoms with Crippen LogP contribution in [0.3, 0.4) is 0 Å². The third-order valence-electron chi connectivity index (χ3n) is 4.14. The number of sulfone groups is 1. The molecule has 1 saturated heterocycles. The number of amidine groups is 1. The summed E-state index contributed by atoms with van der Waals surface area (Å²) in [6, 6.07) is 4.01. The molecule has 0 amide bonds. The number of benzene rings is 1. The van der Waals surface area contributed by atoms with E-state index in [0.717, 1.165) is 0 Å². The number of nitrogens with two attached hydrogens (primary N) is 2. The predicted octanol–water partition coefficient (Wildman–Crippen LogP) is 0.178. The monoisotopic (exact) mass is 313 g/mol. The molecule has 0 unspecified atom stereocenters. The van der Waals surface area contributed by atoms with Crippen molar-refractivity contribution < 1.29 is 17.5 Å². The topological polar surface area (TPSA) is 108 Å². The molecule has 114 valence electrons. The van der Waals surface area contributed by atoms with E-state index in [9.17, 15) is 12.8 Å². The van der Waals surface area contributed by atoms with Crippen LogP contribution >= 0.6 is 0 Å². The van der Waals surface area contributed by atoms with Gasteiger partial charge >= 0.3 is 0 Å². The average Bonchev–Trinajstić information content (AvgIpc) is 2.27. The van der Waals surface area contributed by atoms with Crippen LogP contribution in [0.25, 0.3) is 0 Å². The molecule has 3 rings (SSSR count). The zero-order valence-corrected chi connectivity index (χ0v) is 12.3.